The van der Waals surface area contributed by atoms with Crippen molar-refractivity contribution in [3.05, 3.63) is 89.4 Å². The number of rotatable bonds is 2. The normalized spacial score (nSPS) is 12.9. The van der Waals surface area contributed by atoms with Crippen LogP contribution in [0.2, 0.25) is 0 Å². The molecule has 142 valence electrons. The van der Waals surface area contributed by atoms with Crippen LogP contribution in [-0.2, 0) is 13.1 Å². The van der Waals surface area contributed by atoms with Crippen LogP contribution in [0.15, 0.2) is 66.7 Å². The Hall–Kier alpha value is -3.80. The number of fused-ring (bicyclic) bond motifs is 2. The SMILES string of the molecule is Nc1nc(C(=O)N2Cc3ccccc3C2)c2cc(-c3cccc(F)c3)ccc2n1. The van der Waals surface area contributed by atoms with Crippen molar-refractivity contribution in [1.82, 2.24) is 14.9 Å². The molecule has 2 N–H and O–H groups in total. The molecule has 29 heavy (non-hydrogen) atoms. The molecule has 1 aliphatic rings. The number of benzene rings is 3. The highest BCUT2D eigenvalue weighted by molar-refractivity contribution is 6.05. The van der Waals surface area contributed by atoms with Gasteiger partial charge < -0.3 is 10.6 Å². The molecule has 0 saturated heterocycles. The molecule has 1 aliphatic heterocycles. The van der Waals surface area contributed by atoms with E-state index in [9.17, 15) is 9.18 Å². The molecule has 0 fully saturated rings. The largest absolute Gasteiger partial charge is 0.368 e. The Morgan fingerprint density at radius 3 is 2.34 bits per heavy atom. The molecule has 5 rings (SSSR count). The Balaban J connectivity index is 1.59. The van der Waals surface area contributed by atoms with Gasteiger partial charge in [0.05, 0.1) is 5.52 Å². The zero-order chi connectivity index (χ0) is 20.0. The molecular weight excluding hydrogens is 367 g/mol. The van der Waals surface area contributed by atoms with Crippen LogP contribution in [0.5, 0.6) is 0 Å². The van der Waals surface area contributed by atoms with Gasteiger partial charge in [0.1, 0.15) is 11.5 Å². The van der Waals surface area contributed by atoms with Gasteiger partial charge in [-0.3, -0.25) is 4.79 Å². The summed E-state index contributed by atoms with van der Waals surface area (Å²) in [6, 6.07) is 19.8. The fraction of sp³-hybridized carbons (Fsp3) is 0.0870. The van der Waals surface area contributed by atoms with Crippen LogP contribution in [0.3, 0.4) is 0 Å². The summed E-state index contributed by atoms with van der Waals surface area (Å²) in [5.74, 6) is -0.463. The van der Waals surface area contributed by atoms with Crippen LogP contribution in [-0.4, -0.2) is 20.8 Å². The summed E-state index contributed by atoms with van der Waals surface area (Å²) in [5.41, 5.74) is 10.5. The number of hydrogen-bond acceptors (Lipinski definition) is 4. The van der Waals surface area contributed by atoms with Crippen molar-refractivity contribution >= 4 is 22.8 Å². The standard InChI is InChI=1S/C23H17FN4O/c24-18-7-3-6-14(10-18)15-8-9-20-19(11-15)21(27-23(25)26-20)22(29)28-12-16-4-1-2-5-17(16)13-28/h1-11H,12-13H2,(H2,25,26,27). The van der Waals surface area contributed by atoms with Crippen molar-refractivity contribution in [2.24, 2.45) is 0 Å². The van der Waals surface area contributed by atoms with Crippen LogP contribution in [0.4, 0.5) is 10.3 Å². The van der Waals surface area contributed by atoms with Crippen LogP contribution in [0.1, 0.15) is 21.6 Å². The van der Waals surface area contributed by atoms with Crippen molar-refractivity contribution in [3.63, 3.8) is 0 Å². The molecule has 0 aliphatic carbocycles. The maximum absolute atomic E-state index is 13.7. The highest BCUT2D eigenvalue weighted by atomic mass is 19.1. The monoisotopic (exact) mass is 384 g/mol. The van der Waals surface area contributed by atoms with E-state index >= 15 is 0 Å². The Kier molecular flexibility index (Phi) is 3.98. The van der Waals surface area contributed by atoms with Crippen molar-refractivity contribution in [1.29, 1.82) is 0 Å². The Bertz CT molecular complexity index is 1250. The predicted octanol–water partition coefficient (Wildman–Crippen LogP) is 4.17. The molecular formula is C23H17FN4O. The van der Waals surface area contributed by atoms with Gasteiger partial charge in [-0.25, -0.2) is 14.4 Å². The number of hydrogen-bond donors (Lipinski definition) is 1. The Morgan fingerprint density at radius 2 is 1.62 bits per heavy atom. The number of nitrogens with zero attached hydrogens (tertiary/aromatic N) is 3. The molecule has 2 heterocycles. The van der Waals surface area contributed by atoms with Crippen molar-refractivity contribution in [2.75, 3.05) is 5.73 Å². The number of halogens is 1. The molecule has 4 aromatic rings. The van der Waals surface area contributed by atoms with E-state index in [-0.39, 0.29) is 23.4 Å². The van der Waals surface area contributed by atoms with Gasteiger partial charge in [0.2, 0.25) is 5.95 Å². The number of carbonyl (C=O) groups excluding carboxylic acids is 1. The molecule has 1 aromatic heterocycles. The summed E-state index contributed by atoms with van der Waals surface area (Å²) >= 11 is 0. The lowest BCUT2D eigenvalue weighted by Gasteiger charge is -2.16. The fourth-order valence-electron chi connectivity index (χ4n) is 3.78. The fourth-order valence-corrected chi connectivity index (χ4v) is 3.78. The molecule has 0 unspecified atom stereocenters. The number of nitrogens with two attached hydrogens (primary N) is 1. The second-order valence-electron chi connectivity index (χ2n) is 7.10. The number of nitrogen functional groups attached to an aromatic ring is 1. The first-order valence-electron chi connectivity index (χ1n) is 9.28. The van der Waals surface area contributed by atoms with Gasteiger partial charge in [-0.2, -0.15) is 0 Å². The van der Waals surface area contributed by atoms with Crippen molar-refractivity contribution in [2.45, 2.75) is 13.1 Å². The topological polar surface area (TPSA) is 72.1 Å². The van der Waals surface area contributed by atoms with E-state index in [1.807, 2.05) is 42.5 Å². The predicted molar refractivity (Wildman–Crippen MR) is 109 cm³/mol. The van der Waals surface area contributed by atoms with Gasteiger partial charge in [-0.05, 0) is 46.5 Å². The zero-order valence-corrected chi connectivity index (χ0v) is 15.5. The molecule has 0 radical (unpaired) electrons. The number of aromatic nitrogens is 2. The second kappa shape index (κ2) is 6.67. The third-order valence-electron chi connectivity index (χ3n) is 5.20. The van der Waals surface area contributed by atoms with Crippen LogP contribution < -0.4 is 5.73 Å². The lowest BCUT2D eigenvalue weighted by molar-refractivity contribution is 0.0747. The van der Waals surface area contributed by atoms with E-state index in [2.05, 4.69) is 9.97 Å². The quantitative estimate of drug-likeness (QED) is 0.563. The van der Waals surface area contributed by atoms with E-state index in [1.54, 1.807) is 17.0 Å². The summed E-state index contributed by atoms with van der Waals surface area (Å²) in [7, 11) is 0. The van der Waals surface area contributed by atoms with E-state index < -0.39 is 0 Å². The van der Waals surface area contributed by atoms with Crippen LogP contribution in [0.25, 0.3) is 22.0 Å². The molecule has 0 spiro atoms. The number of amides is 1. The van der Waals surface area contributed by atoms with Gasteiger partial charge in [0.25, 0.3) is 5.91 Å². The van der Waals surface area contributed by atoms with Gasteiger partial charge in [0.15, 0.2) is 0 Å². The molecule has 0 bridgehead atoms. The average Bonchev–Trinajstić information content (AvgIpc) is 3.16. The first-order chi connectivity index (χ1) is 14.1. The van der Waals surface area contributed by atoms with Gasteiger partial charge >= 0.3 is 0 Å². The number of carbonyl (C=O) groups is 1. The lowest BCUT2D eigenvalue weighted by atomic mass is 10.0. The lowest BCUT2D eigenvalue weighted by Crippen LogP contribution is -2.27. The Labute approximate surface area is 166 Å². The van der Waals surface area contributed by atoms with E-state index in [0.717, 1.165) is 22.3 Å². The maximum Gasteiger partial charge on any atom is 0.273 e. The summed E-state index contributed by atoms with van der Waals surface area (Å²) < 4.78 is 13.7. The summed E-state index contributed by atoms with van der Waals surface area (Å²) in [6.07, 6.45) is 0. The van der Waals surface area contributed by atoms with Gasteiger partial charge in [-0.1, -0.05) is 42.5 Å². The molecule has 6 heteroatoms. The van der Waals surface area contributed by atoms with E-state index in [1.165, 1.54) is 12.1 Å². The van der Waals surface area contributed by atoms with Crippen molar-refractivity contribution < 1.29 is 9.18 Å². The van der Waals surface area contributed by atoms with Crippen LogP contribution in [0, 0.1) is 5.82 Å². The third-order valence-corrected chi connectivity index (χ3v) is 5.20. The van der Waals surface area contributed by atoms with Crippen molar-refractivity contribution in [3.8, 4) is 11.1 Å². The molecule has 1 amide bonds. The minimum Gasteiger partial charge on any atom is -0.368 e. The second-order valence-corrected chi connectivity index (χ2v) is 7.10. The van der Waals surface area contributed by atoms with E-state index in [4.69, 9.17) is 5.73 Å². The molecule has 3 aromatic carbocycles. The number of anilines is 1. The highest BCUT2D eigenvalue weighted by Crippen LogP contribution is 2.29. The first-order valence-corrected chi connectivity index (χ1v) is 9.28. The zero-order valence-electron chi connectivity index (χ0n) is 15.5. The summed E-state index contributed by atoms with van der Waals surface area (Å²) in [5, 5.41) is 0.599. The molecule has 0 atom stereocenters. The van der Waals surface area contributed by atoms with Crippen LogP contribution >= 0.6 is 0 Å². The van der Waals surface area contributed by atoms with Gasteiger partial charge in [0, 0.05) is 18.5 Å². The molecule has 0 saturated carbocycles. The average molecular weight is 384 g/mol. The minimum absolute atomic E-state index is 0.0519. The third kappa shape index (κ3) is 3.08. The Morgan fingerprint density at radius 1 is 0.897 bits per heavy atom. The summed E-state index contributed by atoms with van der Waals surface area (Å²) in [6.45, 7) is 1.06. The maximum atomic E-state index is 13.7. The summed E-state index contributed by atoms with van der Waals surface area (Å²) in [4.78, 5) is 23.6. The van der Waals surface area contributed by atoms with Gasteiger partial charge in [-0.15, -0.1) is 0 Å². The molecule has 5 nitrogen and oxygen atoms in total. The minimum atomic E-state index is -0.317. The smallest absolute Gasteiger partial charge is 0.273 e. The first kappa shape index (κ1) is 17.3. The highest BCUT2D eigenvalue weighted by Gasteiger charge is 2.26. The van der Waals surface area contributed by atoms with E-state index in [0.29, 0.717) is 24.0 Å².